The van der Waals surface area contributed by atoms with E-state index < -0.39 is 0 Å². The van der Waals surface area contributed by atoms with Crippen LogP contribution in [0.3, 0.4) is 0 Å². The number of rotatable bonds is 1. The number of aromatic nitrogens is 1. The molecule has 0 bridgehead atoms. The second-order valence-corrected chi connectivity index (χ2v) is 3.86. The van der Waals surface area contributed by atoms with Crippen LogP contribution < -0.4 is 0 Å². The molecule has 3 rings (SSSR count). The molecule has 0 aliphatic heterocycles. The average Bonchev–Trinajstić information content (AvgIpc) is 2.78. The molecule has 1 saturated carbocycles. The molecule has 0 spiro atoms. The molecule has 1 heterocycles. The van der Waals surface area contributed by atoms with Gasteiger partial charge in [0, 0.05) is 19.2 Å². The van der Waals surface area contributed by atoms with Crippen molar-refractivity contribution in [3.05, 3.63) is 29.1 Å². The molecule has 0 radical (unpaired) electrons. The molecule has 1 heteroatoms. The first-order chi connectivity index (χ1) is 5.90. The zero-order valence-electron chi connectivity index (χ0n) is 7.30. The van der Waals surface area contributed by atoms with Crippen molar-refractivity contribution in [3.63, 3.8) is 0 Å². The lowest BCUT2D eigenvalue weighted by Crippen LogP contribution is -1.91. The van der Waals surface area contributed by atoms with Gasteiger partial charge < -0.3 is 4.98 Å². The Morgan fingerprint density at radius 3 is 3.42 bits per heavy atom. The number of nitrogens with one attached hydrogen (secondary N) is 1. The van der Waals surface area contributed by atoms with Crippen LogP contribution >= 0.6 is 0 Å². The summed E-state index contributed by atoms with van der Waals surface area (Å²) in [4.78, 5) is 3.42. The van der Waals surface area contributed by atoms with E-state index in [2.05, 4.69) is 30.3 Å². The molecule has 2 unspecified atom stereocenters. The maximum atomic E-state index is 3.42. The predicted molar refractivity (Wildman–Crippen MR) is 52.2 cm³/mol. The van der Waals surface area contributed by atoms with Gasteiger partial charge in [0.05, 0.1) is 0 Å². The summed E-state index contributed by atoms with van der Waals surface area (Å²) in [5.41, 5.74) is 4.46. The maximum absolute atomic E-state index is 3.42. The van der Waals surface area contributed by atoms with Crippen molar-refractivity contribution in [1.29, 1.82) is 0 Å². The van der Waals surface area contributed by atoms with Crippen LogP contribution in [0.25, 0.3) is 6.08 Å². The van der Waals surface area contributed by atoms with Gasteiger partial charge in [-0.1, -0.05) is 19.1 Å². The molecule has 1 nitrogen and oxygen atoms in total. The molecule has 2 aliphatic rings. The fraction of sp³-hybridized carbons (Fsp3) is 0.455. The molecule has 1 fully saturated rings. The monoisotopic (exact) mass is 161 g/mol. The normalized spacial score (nSPS) is 29.8. The van der Waals surface area contributed by atoms with Crippen LogP contribution in [0.1, 0.15) is 37.5 Å². The maximum Gasteiger partial charge on any atom is 0.0261 e. The molecule has 1 aromatic rings. The van der Waals surface area contributed by atoms with Gasteiger partial charge in [0.25, 0.3) is 0 Å². The van der Waals surface area contributed by atoms with Gasteiger partial charge in [0.2, 0.25) is 0 Å². The largest absolute Gasteiger partial charge is 0.364 e. The van der Waals surface area contributed by atoms with E-state index in [4.69, 9.17) is 0 Å². The fourth-order valence-electron chi connectivity index (χ4n) is 2.27. The molecule has 1 N–H and O–H groups in total. The second kappa shape index (κ2) is 2.03. The van der Waals surface area contributed by atoms with Gasteiger partial charge in [-0.15, -0.1) is 0 Å². The Morgan fingerprint density at radius 2 is 2.58 bits per heavy atom. The van der Waals surface area contributed by atoms with E-state index in [-0.39, 0.29) is 1.43 Å². The van der Waals surface area contributed by atoms with Crippen LogP contribution in [0, 0.1) is 5.92 Å². The quantitative estimate of drug-likeness (QED) is 0.651. The van der Waals surface area contributed by atoms with Crippen molar-refractivity contribution in [1.82, 2.24) is 4.98 Å². The molecule has 0 amide bonds. The van der Waals surface area contributed by atoms with E-state index in [9.17, 15) is 0 Å². The van der Waals surface area contributed by atoms with Crippen LogP contribution in [-0.2, 0) is 6.42 Å². The predicted octanol–water partition coefficient (Wildman–Crippen LogP) is 2.95. The van der Waals surface area contributed by atoms with Crippen molar-refractivity contribution in [3.8, 4) is 0 Å². The first kappa shape index (κ1) is 6.53. The van der Waals surface area contributed by atoms with Crippen LogP contribution in [0.15, 0.2) is 12.3 Å². The van der Waals surface area contributed by atoms with E-state index in [1.54, 1.807) is 0 Å². The Kier molecular flexibility index (Phi) is 1.11. The van der Waals surface area contributed by atoms with Crippen molar-refractivity contribution >= 4 is 6.08 Å². The molecular weight excluding hydrogens is 146 g/mol. The lowest BCUT2D eigenvalue weighted by molar-refractivity contribution is 0.955. The Morgan fingerprint density at radius 1 is 1.67 bits per heavy atom. The van der Waals surface area contributed by atoms with E-state index in [1.807, 2.05) is 0 Å². The standard InChI is InChI=1S/C11H13N.H2/c1-2-7-6-12-11-9(7)4-3-8-5-10(8)11;/h3-4,6,8,10,12H,2,5H2,1H3;1H. The molecular formula is C11H15N. The van der Waals surface area contributed by atoms with Crippen LogP contribution in [0.4, 0.5) is 0 Å². The Hall–Kier alpha value is -0.980. The number of fused-ring (bicyclic) bond motifs is 3. The van der Waals surface area contributed by atoms with Gasteiger partial charge in [-0.2, -0.15) is 0 Å². The molecule has 1 aromatic heterocycles. The minimum absolute atomic E-state index is 0. The number of hydrogen-bond donors (Lipinski definition) is 1. The minimum Gasteiger partial charge on any atom is -0.364 e. The molecule has 2 atom stereocenters. The molecule has 12 heavy (non-hydrogen) atoms. The summed E-state index contributed by atoms with van der Waals surface area (Å²) in [6.45, 7) is 2.22. The summed E-state index contributed by atoms with van der Waals surface area (Å²) in [5, 5.41) is 0. The Bertz CT molecular complexity index is 351. The smallest absolute Gasteiger partial charge is 0.0261 e. The minimum atomic E-state index is 0. The van der Waals surface area contributed by atoms with Gasteiger partial charge in [-0.3, -0.25) is 0 Å². The van der Waals surface area contributed by atoms with Gasteiger partial charge in [-0.05, 0) is 29.9 Å². The van der Waals surface area contributed by atoms with Gasteiger partial charge in [0.1, 0.15) is 0 Å². The van der Waals surface area contributed by atoms with E-state index in [0.29, 0.717) is 0 Å². The first-order valence-electron chi connectivity index (χ1n) is 4.78. The Labute approximate surface area is 74.0 Å². The third kappa shape index (κ3) is 0.689. The zero-order valence-corrected chi connectivity index (χ0v) is 7.30. The summed E-state index contributed by atoms with van der Waals surface area (Å²) in [6, 6.07) is 0. The molecule has 0 saturated heterocycles. The lowest BCUT2D eigenvalue weighted by atomic mass is 10.0. The Balaban J connectivity index is 0.000000653. The van der Waals surface area contributed by atoms with Crippen molar-refractivity contribution in [2.24, 2.45) is 5.92 Å². The molecule has 0 aromatic carbocycles. The number of hydrogen-bond acceptors (Lipinski definition) is 0. The first-order valence-corrected chi connectivity index (χ1v) is 4.78. The van der Waals surface area contributed by atoms with Gasteiger partial charge >= 0.3 is 0 Å². The highest BCUT2D eigenvalue weighted by molar-refractivity contribution is 5.62. The third-order valence-electron chi connectivity index (χ3n) is 3.14. The van der Waals surface area contributed by atoms with Crippen LogP contribution in [-0.4, -0.2) is 4.98 Å². The molecule has 64 valence electrons. The van der Waals surface area contributed by atoms with Gasteiger partial charge in [-0.25, -0.2) is 0 Å². The second-order valence-electron chi connectivity index (χ2n) is 3.86. The number of allylic oxidation sites excluding steroid dienone is 1. The summed E-state index contributed by atoms with van der Waals surface area (Å²) < 4.78 is 0. The third-order valence-corrected chi connectivity index (χ3v) is 3.14. The summed E-state index contributed by atoms with van der Waals surface area (Å²) in [6.07, 6.45) is 9.37. The average molecular weight is 161 g/mol. The van der Waals surface area contributed by atoms with E-state index >= 15 is 0 Å². The van der Waals surface area contributed by atoms with Crippen LogP contribution in [0.2, 0.25) is 0 Å². The highest BCUT2D eigenvalue weighted by Gasteiger charge is 2.40. The highest BCUT2D eigenvalue weighted by atomic mass is 14.7. The van der Waals surface area contributed by atoms with Crippen LogP contribution in [0.5, 0.6) is 0 Å². The summed E-state index contributed by atoms with van der Waals surface area (Å²) in [5.74, 6) is 1.70. The highest BCUT2D eigenvalue weighted by Crippen LogP contribution is 2.52. The van der Waals surface area contributed by atoms with Crippen molar-refractivity contribution < 1.29 is 1.43 Å². The van der Waals surface area contributed by atoms with E-state index in [0.717, 1.165) is 18.3 Å². The fourth-order valence-corrected chi connectivity index (χ4v) is 2.27. The van der Waals surface area contributed by atoms with E-state index in [1.165, 1.54) is 23.2 Å². The zero-order chi connectivity index (χ0) is 8.13. The summed E-state index contributed by atoms with van der Waals surface area (Å²) >= 11 is 0. The SMILES string of the molecule is CCc1c[nH]c2c1C=CC1CC21.[HH]. The topological polar surface area (TPSA) is 15.8 Å². The number of H-pyrrole nitrogens is 1. The lowest BCUT2D eigenvalue weighted by Gasteiger charge is -2.04. The van der Waals surface area contributed by atoms with Gasteiger partial charge in [0.15, 0.2) is 0 Å². The summed E-state index contributed by atoms with van der Waals surface area (Å²) in [7, 11) is 0. The number of aromatic amines is 1. The van der Waals surface area contributed by atoms with Crippen molar-refractivity contribution in [2.45, 2.75) is 25.7 Å². The molecule has 2 aliphatic carbocycles. The van der Waals surface area contributed by atoms with Crippen molar-refractivity contribution in [2.75, 3.05) is 0 Å². The number of aryl methyl sites for hydroxylation is 1.